The van der Waals surface area contributed by atoms with Crippen molar-refractivity contribution in [3.05, 3.63) is 27.1 Å². The number of rotatable bonds is 4. The molecule has 108 valence electrons. The van der Waals surface area contributed by atoms with Crippen molar-refractivity contribution in [2.24, 2.45) is 0 Å². The van der Waals surface area contributed by atoms with Crippen molar-refractivity contribution in [3.63, 3.8) is 0 Å². The maximum Gasteiger partial charge on any atom is 0.334 e. The fourth-order valence-electron chi connectivity index (χ4n) is 1.90. The molecule has 0 aromatic carbocycles. The average molecular weight is 300 g/mol. The van der Waals surface area contributed by atoms with Crippen molar-refractivity contribution in [2.75, 3.05) is 20.3 Å². The van der Waals surface area contributed by atoms with E-state index in [1.165, 1.54) is 19.2 Å². The molecule has 1 aliphatic rings. The highest BCUT2D eigenvalue weighted by atomic mass is 32.1. The van der Waals surface area contributed by atoms with Crippen LogP contribution >= 0.6 is 11.3 Å². The van der Waals surface area contributed by atoms with E-state index in [9.17, 15) is 19.7 Å². The molecule has 1 N–H and O–H groups in total. The van der Waals surface area contributed by atoms with Crippen LogP contribution in [-0.4, -0.2) is 42.7 Å². The van der Waals surface area contributed by atoms with E-state index in [0.29, 0.717) is 13.0 Å². The van der Waals surface area contributed by atoms with Gasteiger partial charge in [-0.25, -0.2) is 4.79 Å². The van der Waals surface area contributed by atoms with Gasteiger partial charge in [0.15, 0.2) is 5.54 Å². The van der Waals surface area contributed by atoms with Crippen molar-refractivity contribution in [1.82, 2.24) is 5.32 Å². The molecular formula is C11H12N2O6S. The summed E-state index contributed by atoms with van der Waals surface area (Å²) in [6.45, 7) is 0.360. The first kappa shape index (κ1) is 14.4. The molecule has 1 atom stereocenters. The van der Waals surface area contributed by atoms with Crippen LogP contribution in [0.2, 0.25) is 0 Å². The van der Waals surface area contributed by atoms with Gasteiger partial charge in [0.1, 0.15) is 0 Å². The highest BCUT2D eigenvalue weighted by Gasteiger charge is 2.45. The number of methoxy groups -OCH3 is 1. The summed E-state index contributed by atoms with van der Waals surface area (Å²) < 4.78 is 9.82. The third kappa shape index (κ3) is 2.63. The number of carbonyl (C=O) groups is 2. The number of hydrogen-bond acceptors (Lipinski definition) is 7. The van der Waals surface area contributed by atoms with Crippen LogP contribution in [0.4, 0.5) is 5.00 Å². The molecule has 1 amide bonds. The van der Waals surface area contributed by atoms with Gasteiger partial charge in [0.2, 0.25) is 0 Å². The normalized spacial score (nSPS) is 21.4. The number of nitrogens with zero attached hydrogens (tertiary/aromatic N) is 1. The number of esters is 1. The first-order valence-corrected chi connectivity index (χ1v) is 6.53. The molecule has 1 aromatic heterocycles. The maximum atomic E-state index is 12.1. The fourth-order valence-corrected chi connectivity index (χ4v) is 2.61. The summed E-state index contributed by atoms with van der Waals surface area (Å²) in [5, 5.41) is 13.0. The van der Waals surface area contributed by atoms with Crippen molar-refractivity contribution in [1.29, 1.82) is 0 Å². The molecule has 0 spiro atoms. The zero-order chi connectivity index (χ0) is 14.8. The number of ether oxygens (including phenoxy) is 2. The zero-order valence-electron chi connectivity index (χ0n) is 10.6. The molecule has 0 bridgehead atoms. The molecule has 0 saturated carbocycles. The molecule has 1 aliphatic heterocycles. The largest absolute Gasteiger partial charge is 0.467 e. The number of nitro groups is 1. The molecule has 0 radical (unpaired) electrons. The van der Waals surface area contributed by atoms with Gasteiger partial charge in [-0.15, -0.1) is 0 Å². The van der Waals surface area contributed by atoms with Gasteiger partial charge in [0.05, 0.1) is 23.5 Å². The highest BCUT2D eigenvalue weighted by Crippen LogP contribution is 2.26. The minimum atomic E-state index is -1.22. The van der Waals surface area contributed by atoms with E-state index in [-0.39, 0.29) is 16.5 Å². The Morgan fingerprint density at radius 3 is 2.80 bits per heavy atom. The molecule has 0 aliphatic carbocycles. The van der Waals surface area contributed by atoms with E-state index in [4.69, 9.17) is 4.74 Å². The van der Waals surface area contributed by atoms with Gasteiger partial charge in [0.25, 0.3) is 5.91 Å². The molecule has 9 heteroatoms. The predicted octanol–water partition coefficient (Wildman–Crippen LogP) is 0.718. The van der Waals surface area contributed by atoms with E-state index in [2.05, 4.69) is 10.1 Å². The van der Waals surface area contributed by atoms with Crippen molar-refractivity contribution in [2.45, 2.75) is 12.0 Å². The lowest BCUT2D eigenvalue weighted by Gasteiger charge is -2.25. The Balaban J connectivity index is 2.16. The van der Waals surface area contributed by atoms with Crippen LogP contribution in [0, 0.1) is 10.1 Å². The third-order valence-electron chi connectivity index (χ3n) is 2.95. The smallest absolute Gasteiger partial charge is 0.334 e. The SMILES string of the molecule is COC(=O)C1(NC(=O)c2ccc([N+](=O)[O-])s2)CCOC1. The van der Waals surface area contributed by atoms with Crippen LogP contribution in [-0.2, 0) is 14.3 Å². The summed E-state index contributed by atoms with van der Waals surface area (Å²) in [6, 6.07) is 2.59. The van der Waals surface area contributed by atoms with E-state index in [0.717, 1.165) is 11.3 Å². The van der Waals surface area contributed by atoms with Crippen LogP contribution in [0.3, 0.4) is 0 Å². The highest BCUT2D eigenvalue weighted by molar-refractivity contribution is 7.17. The summed E-state index contributed by atoms with van der Waals surface area (Å²) in [5.41, 5.74) is -1.22. The van der Waals surface area contributed by atoms with E-state index < -0.39 is 22.3 Å². The first-order valence-electron chi connectivity index (χ1n) is 5.71. The Kier molecular flexibility index (Phi) is 4.00. The van der Waals surface area contributed by atoms with Gasteiger partial charge < -0.3 is 14.8 Å². The second-order valence-electron chi connectivity index (χ2n) is 4.23. The predicted molar refractivity (Wildman–Crippen MR) is 68.6 cm³/mol. The van der Waals surface area contributed by atoms with Crippen LogP contribution in [0.5, 0.6) is 0 Å². The molecular weight excluding hydrogens is 288 g/mol. The van der Waals surface area contributed by atoms with Crippen molar-refractivity contribution >= 4 is 28.2 Å². The Bertz CT molecular complexity index is 549. The summed E-state index contributed by atoms with van der Waals surface area (Å²) in [4.78, 5) is 34.0. The standard InChI is InChI=1S/C11H12N2O6S/c1-18-10(15)11(4-5-19-6-11)12-9(14)7-2-3-8(20-7)13(16)17/h2-3H,4-6H2,1H3,(H,12,14). The van der Waals surface area contributed by atoms with Crippen LogP contribution in [0.1, 0.15) is 16.1 Å². The third-order valence-corrected chi connectivity index (χ3v) is 3.98. The Morgan fingerprint density at radius 1 is 1.55 bits per heavy atom. The lowest BCUT2D eigenvalue weighted by molar-refractivity contribution is -0.380. The van der Waals surface area contributed by atoms with Gasteiger partial charge in [-0.2, -0.15) is 0 Å². The molecule has 8 nitrogen and oxygen atoms in total. The second-order valence-corrected chi connectivity index (χ2v) is 5.29. The number of nitrogens with one attached hydrogen (secondary N) is 1. The molecule has 2 rings (SSSR count). The number of thiophene rings is 1. The Labute approximate surface area is 117 Å². The number of amides is 1. The lowest BCUT2D eigenvalue weighted by Crippen LogP contribution is -2.55. The van der Waals surface area contributed by atoms with Crippen molar-refractivity contribution in [3.8, 4) is 0 Å². The van der Waals surface area contributed by atoms with Gasteiger partial charge in [-0.3, -0.25) is 14.9 Å². The monoisotopic (exact) mass is 300 g/mol. The van der Waals surface area contributed by atoms with E-state index in [1.807, 2.05) is 0 Å². The van der Waals surface area contributed by atoms with Gasteiger partial charge in [-0.1, -0.05) is 11.3 Å². The fraction of sp³-hybridized carbons (Fsp3) is 0.455. The van der Waals surface area contributed by atoms with Gasteiger partial charge >= 0.3 is 11.0 Å². The Hall–Kier alpha value is -2.00. The van der Waals surface area contributed by atoms with Gasteiger partial charge in [0, 0.05) is 19.1 Å². The molecule has 1 saturated heterocycles. The molecule has 1 aromatic rings. The van der Waals surface area contributed by atoms with Crippen LogP contribution in [0.15, 0.2) is 12.1 Å². The van der Waals surface area contributed by atoms with E-state index >= 15 is 0 Å². The topological polar surface area (TPSA) is 108 Å². The number of hydrogen-bond donors (Lipinski definition) is 1. The van der Waals surface area contributed by atoms with Crippen LogP contribution in [0.25, 0.3) is 0 Å². The summed E-state index contributed by atoms with van der Waals surface area (Å²) in [6.07, 6.45) is 0.304. The molecule has 1 unspecified atom stereocenters. The first-order chi connectivity index (χ1) is 9.48. The average Bonchev–Trinajstić information content (AvgIpc) is 3.07. The maximum absolute atomic E-state index is 12.1. The minimum Gasteiger partial charge on any atom is -0.467 e. The molecule has 2 heterocycles. The Morgan fingerprint density at radius 2 is 2.30 bits per heavy atom. The summed E-state index contributed by atoms with van der Waals surface area (Å²) in [5.74, 6) is -1.14. The van der Waals surface area contributed by atoms with Crippen LogP contribution < -0.4 is 5.32 Å². The van der Waals surface area contributed by atoms with Gasteiger partial charge in [-0.05, 0) is 6.07 Å². The summed E-state index contributed by atoms with van der Waals surface area (Å²) >= 11 is 0.746. The molecule has 20 heavy (non-hydrogen) atoms. The van der Waals surface area contributed by atoms with E-state index in [1.54, 1.807) is 0 Å². The summed E-state index contributed by atoms with van der Waals surface area (Å²) in [7, 11) is 1.23. The second kappa shape index (κ2) is 5.55. The zero-order valence-corrected chi connectivity index (χ0v) is 11.4. The molecule has 1 fully saturated rings. The quantitative estimate of drug-likeness (QED) is 0.498. The van der Waals surface area contributed by atoms with Crippen molar-refractivity contribution < 1.29 is 24.0 Å². The minimum absolute atomic E-state index is 0.0267. The number of carbonyl (C=O) groups excluding carboxylic acids is 2. The lowest BCUT2D eigenvalue weighted by atomic mass is 9.99.